The first kappa shape index (κ1) is 13.6. The van der Waals surface area contributed by atoms with Gasteiger partial charge in [0.25, 0.3) is 0 Å². The molecular weight excluding hydrogens is 265 g/mol. The highest BCUT2D eigenvalue weighted by atomic mass is 19.1. The zero-order chi connectivity index (χ0) is 14.8. The van der Waals surface area contributed by atoms with Gasteiger partial charge < -0.3 is 10.5 Å². The molecule has 1 unspecified atom stereocenters. The van der Waals surface area contributed by atoms with Crippen LogP contribution in [0.25, 0.3) is 10.8 Å². The van der Waals surface area contributed by atoms with E-state index in [1.807, 2.05) is 49.4 Å². The number of hydrogen-bond donors (Lipinski definition) is 1. The van der Waals surface area contributed by atoms with Gasteiger partial charge in [-0.05, 0) is 48.0 Å². The fraction of sp³-hybridized carbons (Fsp3) is 0.111. The van der Waals surface area contributed by atoms with E-state index in [1.54, 1.807) is 6.07 Å². The van der Waals surface area contributed by atoms with E-state index in [1.165, 1.54) is 12.1 Å². The number of nitrogens with two attached hydrogens (primary N) is 1. The molecule has 21 heavy (non-hydrogen) atoms. The highest BCUT2D eigenvalue weighted by Gasteiger charge is 2.10. The van der Waals surface area contributed by atoms with Crippen LogP contribution >= 0.6 is 0 Å². The standard InChI is InChI=1S/C18H16FNO/c1-12(20)17-11-15(19)7-9-18(17)21-16-8-6-13-4-2-3-5-14(13)10-16/h2-12H,20H2,1H3. The largest absolute Gasteiger partial charge is 0.457 e. The lowest BCUT2D eigenvalue weighted by Crippen LogP contribution is -2.07. The third-order valence-corrected chi connectivity index (χ3v) is 3.41. The van der Waals surface area contributed by atoms with Gasteiger partial charge in [0.15, 0.2) is 0 Å². The van der Waals surface area contributed by atoms with Crippen LogP contribution in [-0.4, -0.2) is 0 Å². The maximum atomic E-state index is 13.3. The van der Waals surface area contributed by atoms with Crippen LogP contribution in [-0.2, 0) is 0 Å². The molecule has 3 rings (SSSR count). The molecule has 1 atom stereocenters. The molecule has 0 aliphatic rings. The molecule has 0 aromatic heterocycles. The van der Waals surface area contributed by atoms with Crippen LogP contribution in [0.3, 0.4) is 0 Å². The average Bonchev–Trinajstić information content (AvgIpc) is 2.49. The van der Waals surface area contributed by atoms with Crippen LogP contribution in [0, 0.1) is 5.82 Å². The molecular formula is C18H16FNO. The Hall–Kier alpha value is -2.39. The van der Waals surface area contributed by atoms with E-state index in [4.69, 9.17) is 10.5 Å². The maximum absolute atomic E-state index is 13.3. The summed E-state index contributed by atoms with van der Waals surface area (Å²) in [5, 5.41) is 2.25. The van der Waals surface area contributed by atoms with Crippen molar-refractivity contribution in [3.63, 3.8) is 0 Å². The molecule has 2 N–H and O–H groups in total. The van der Waals surface area contributed by atoms with Crippen molar-refractivity contribution in [1.29, 1.82) is 0 Å². The van der Waals surface area contributed by atoms with Crippen LogP contribution in [0.2, 0.25) is 0 Å². The number of rotatable bonds is 3. The summed E-state index contributed by atoms with van der Waals surface area (Å²) < 4.78 is 19.2. The fourth-order valence-electron chi connectivity index (χ4n) is 2.33. The summed E-state index contributed by atoms with van der Waals surface area (Å²) in [5.41, 5.74) is 6.54. The lowest BCUT2D eigenvalue weighted by Gasteiger charge is -2.14. The summed E-state index contributed by atoms with van der Waals surface area (Å²) >= 11 is 0. The highest BCUT2D eigenvalue weighted by molar-refractivity contribution is 5.83. The third kappa shape index (κ3) is 2.88. The minimum absolute atomic E-state index is 0.295. The molecule has 3 aromatic carbocycles. The Morgan fingerprint density at radius 1 is 0.952 bits per heavy atom. The molecule has 0 aliphatic carbocycles. The Morgan fingerprint density at radius 3 is 2.48 bits per heavy atom. The van der Waals surface area contributed by atoms with Gasteiger partial charge in [-0.2, -0.15) is 0 Å². The van der Waals surface area contributed by atoms with Crippen molar-refractivity contribution >= 4 is 10.8 Å². The lowest BCUT2D eigenvalue weighted by molar-refractivity contribution is 0.470. The summed E-state index contributed by atoms with van der Waals surface area (Å²) in [4.78, 5) is 0. The number of halogens is 1. The second kappa shape index (κ2) is 5.54. The van der Waals surface area contributed by atoms with Gasteiger partial charge in [0.05, 0.1) is 0 Å². The molecule has 0 fully saturated rings. The Balaban J connectivity index is 1.98. The van der Waals surface area contributed by atoms with Crippen molar-refractivity contribution in [2.75, 3.05) is 0 Å². The number of hydrogen-bond acceptors (Lipinski definition) is 2. The zero-order valence-electron chi connectivity index (χ0n) is 11.7. The Morgan fingerprint density at radius 2 is 1.71 bits per heavy atom. The minimum atomic E-state index is -0.312. The van der Waals surface area contributed by atoms with E-state index < -0.39 is 0 Å². The van der Waals surface area contributed by atoms with E-state index in [2.05, 4.69) is 0 Å². The molecule has 0 saturated heterocycles. The first-order valence-corrected chi connectivity index (χ1v) is 6.85. The maximum Gasteiger partial charge on any atom is 0.132 e. The van der Waals surface area contributed by atoms with Crippen LogP contribution in [0.4, 0.5) is 4.39 Å². The topological polar surface area (TPSA) is 35.2 Å². The third-order valence-electron chi connectivity index (χ3n) is 3.41. The van der Waals surface area contributed by atoms with Gasteiger partial charge in [-0.25, -0.2) is 4.39 Å². The fourth-order valence-corrected chi connectivity index (χ4v) is 2.33. The van der Waals surface area contributed by atoms with Gasteiger partial charge in [0.1, 0.15) is 17.3 Å². The molecule has 3 heteroatoms. The van der Waals surface area contributed by atoms with E-state index in [0.717, 1.165) is 10.8 Å². The number of benzene rings is 3. The molecule has 3 aromatic rings. The van der Waals surface area contributed by atoms with Crippen molar-refractivity contribution in [3.8, 4) is 11.5 Å². The summed E-state index contributed by atoms with van der Waals surface area (Å²) in [6, 6.07) is 18.0. The molecule has 0 heterocycles. The number of fused-ring (bicyclic) bond motifs is 1. The summed E-state index contributed by atoms with van der Waals surface area (Å²) in [7, 11) is 0. The van der Waals surface area contributed by atoms with E-state index in [-0.39, 0.29) is 11.9 Å². The number of ether oxygens (including phenoxy) is 1. The lowest BCUT2D eigenvalue weighted by atomic mass is 10.1. The molecule has 2 nitrogen and oxygen atoms in total. The first-order chi connectivity index (χ1) is 10.1. The second-order valence-electron chi connectivity index (χ2n) is 5.08. The highest BCUT2D eigenvalue weighted by Crippen LogP contribution is 2.31. The van der Waals surface area contributed by atoms with Gasteiger partial charge in [-0.1, -0.05) is 30.3 Å². The van der Waals surface area contributed by atoms with Crippen LogP contribution < -0.4 is 10.5 Å². The Kier molecular flexibility index (Phi) is 3.59. The summed E-state index contributed by atoms with van der Waals surface area (Å²) in [6.45, 7) is 1.81. The van der Waals surface area contributed by atoms with Gasteiger partial charge in [0.2, 0.25) is 0 Å². The van der Waals surface area contributed by atoms with Crippen LogP contribution in [0.1, 0.15) is 18.5 Å². The second-order valence-corrected chi connectivity index (χ2v) is 5.08. The van der Waals surface area contributed by atoms with Crippen molar-refractivity contribution in [3.05, 3.63) is 72.0 Å². The predicted molar refractivity (Wildman–Crippen MR) is 83.0 cm³/mol. The van der Waals surface area contributed by atoms with Gasteiger partial charge >= 0.3 is 0 Å². The molecule has 0 saturated carbocycles. The smallest absolute Gasteiger partial charge is 0.132 e. The SMILES string of the molecule is CC(N)c1cc(F)ccc1Oc1ccc2ccccc2c1. The van der Waals surface area contributed by atoms with Crippen molar-refractivity contribution in [1.82, 2.24) is 0 Å². The van der Waals surface area contributed by atoms with E-state index >= 15 is 0 Å². The van der Waals surface area contributed by atoms with E-state index in [9.17, 15) is 4.39 Å². The molecule has 106 valence electrons. The average molecular weight is 281 g/mol. The van der Waals surface area contributed by atoms with Gasteiger partial charge in [-0.3, -0.25) is 0 Å². The molecule has 0 spiro atoms. The molecule has 0 bridgehead atoms. The van der Waals surface area contributed by atoms with Crippen molar-refractivity contribution in [2.45, 2.75) is 13.0 Å². The monoisotopic (exact) mass is 281 g/mol. The summed E-state index contributed by atoms with van der Waals surface area (Å²) in [5.74, 6) is 0.983. The Labute approximate surface area is 123 Å². The van der Waals surface area contributed by atoms with Gasteiger partial charge in [0, 0.05) is 11.6 Å². The van der Waals surface area contributed by atoms with Crippen LogP contribution in [0.15, 0.2) is 60.7 Å². The van der Waals surface area contributed by atoms with Crippen molar-refractivity contribution in [2.24, 2.45) is 5.73 Å². The van der Waals surface area contributed by atoms with Gasteiger partial charge in [-0.15, -0.1) is 0 Å². The van der Waals surface area contributed by atoms with E-state index in [0.29, 0.717) is 17.1 Å². The van der Waals surface area contributed by atoms with Crippen LogP contribution in [0.5, 0.6) is 11.5 Å². The quantitative estimate of drug-likeness (QED) is 0.749. The molecule has 0 aliphatic heterocycles. The molecule has 0 amide bonds. The predicted octanol–water partition coefficient (Wildman–Crippen LogP) is 4.79. The first-order valence-electron chi connectivity index (χ1n) is 6.85. The zero-order valence-corrected chi connectivity index (χ0v) is 11.7. The molecule has 0 radical (unpaired) electrons. The minimum Gasteiger partial charge on any atom is -0.457 e. The normalized spacial score (nSPS) is 12.3. The van der Waals surface area contributed by atoms with Crippen molar-refractivity contribution < 1.29 is 9.13 Å². The summed E-state index contributed by atoms with van der Waals surface area (Å²) in [6.07, 6.45) is 0. The Bertz CT molecular complexity index is 783.